The van der Waals surface area contributed by atoms with E-state index in [0.717, 1.165) is 10.2 Å². The third kappa shape index (κ3) is 3.43. The Balaban J connectivity index is 1.59. The van der Waals surface area contributed by atoms with Crippen molar-refractivity contribution < 1.29 is 23.5 Å². The van der Waals surface area contributed by atoms with E-state index in [1.165, 1.54) is 35.5 Å². The molecule has 1 fully saturated rings. The number of fused-ring (bicyclic) bond motifs is 1. The van der Waals surface area contributed by atoms with Crippen molar-refractivity contribution >= 4 is 33.4 Å². The van der Waals surface area contributed by atoms with Crippen LogP contribution in [0.2, 0.25) is 0 Å². The van der Waals surface area contributed by atoms with Crippen LogP contribution in [0.25, 0.3) is 10.2 Å². The number of amides is 1. The normalized spacial score (nSPS) is 19.0. The molecule has 144 valence electrons. The zero-order chi connectivity index (χ0) is 19.7. The van der Waals surface area contributed by atoms with Gasteiger partial charge in [-0.1, -0.05) is 24.3 Å². The first kappa shape index (κ1) is 18.4. The standard InChI is InChI=1S/C20H17FN2O4S/c1-26-20(25)15-10-12(27-16-8-4-2-6-13(16)21)11-23(15)19(24)18-22-14-7-3-5-9-17(14)28-18/h2-9,12,15H,10-11H2,1H3/t12-,15+/m1/s1. The highest BCUT2D eigenvalue weighted by Gasteiger charge is 2.42. The highest BCUT2D eigenvalue weighted by Crippen LogP contribution is 2.29. The summed E-state index contributed by atoms with van der Waals surface area (Å²) in [6.45, 7) is 0.142. The molecule has 1 saturated heterocycles. The van der Waals surface area contributed by atoms with Crippen molar-refractivity contribution in [3.63, 3.8) is 0 Å². The number of thiazole rings is 1. The molecule has 0 unspecified atom stereocenters. The summed E-state index contributed by atoms with van der Waals surface area (Å²) >= 11 is 1.27. The van der Waals surface area contributed by atoms with Gasteiger partial charge in [-0.05, 0) is 24.3 Å². The molecule has 1 aliphatic heterocycles. The van der Waals surface area contributed by atoms with E-state index in [2.05, 4.69) is 4.98 Å². The summed E-state index contributed by atoms with van der Waals surface area (Å²) in [5.41, 5.74) is 0.726. The summed E-state index contributed by atoms with van der Waals surface area (Å²) < 4.78 is 25.4. The number of rotatable bonds is 4. The van der Waals surface area contributed by atoms with Crippen LogP contribution in [0, 0.1) is 5.82 Å². The predicted molar refractivity (Wildman–Crippen MR) is 102 cm³/mol. The number of halogens is 1. The number of ether oxygens (including phenoxy) is 2. The quantitative estimate of drug-likeness (QED) is 0.629. The Bertz CT molecular complexity index is 1000. The number of hydrogen-bond donors (Lipinski definition) is 0. The highest BCUT2D eigenvalue weighted by molar-refractivity contribution is 7.20. The van der Waals surface area contributed by atoms with Gasteiger partial charge in [0.25, 0.3) is 5.91 Å². The molecule has 1 aliphatic rings. The van der Waals surface area contributed by atoms with E-state index in [1.54, 1.807) is 12.1 Å². The van der Waals surface area contributed by atoms with E-state index < -0.39 is 23.9 Å². The third-order valence-corrected chi connectivity index (χ3v) is 5.63. The van der Waals surface area contributed by atoms with Gasteiger partial charge < -0.3 is 14.4 Å². The van der Waals surface area contributed by atoms with Crippen molar-refractivity contribution in [3.8, 4) is 5.75 Å². The number of benzene rings is 2. The van der Waals surface area contributed by atoms with Crippen LogP contribution in [0.3, 0.4) is 0 Å². The molecule has 1 amide bonds. The second kappa shape index (κ2) is 7.55. The average Bonchev–Trinajstić information content (AvgIpc) is 3.33. The van der Waals surface area contributed by atoms with Crippen LogP contribution >= 0.6 is 11.3 Å². The fourth-order valence-electron chi connectivity index (χ4n) is 3.27. The van der Waals surface area contributed by atoms with E-state index in [4.69, 9.17) is 9.47 Å². The molecule has 2 aromatic carbocycles. The topological polar surface area (TPSA) is 68.7 Å². The average molecular weight is 400 g/mol. The lowest BCUT2D eigenvalue weighted by Crippen LogP contribution is -2.41. The molecule has 1 aromatic heterocycles. The van der Waals surface area contributed by atoms with E-state index in [1.807, 2.05) is 24.3 Å². The van der Waals surface area contributed by atoms with Crippen LogP contribution in [-0.4, -0.2) is 47.6 Å². The zero-order valence-corrected chi connectivity index (χ0v) is 15.8. The Morgan fingerprint density at radius 1 is 1.18 bits per heavy atom. The molecule has 0 spiro atoms. The minimum Gasteiger partial charge on any atom is -0.485 e. The molecule has 0 saturated carbocycles. The summed E-state index contributed by atoms with van der Waals surface area (Å²) in [6.07, 6.45) is -0.309. The molecule has 0 bridgehead atoms. The lowest BCUT2D eigenvalue weighted by atomic mass is 10.2. The van der Waals surface area contributed by atoms with Gasteiger partial charge in [-0.25, -0.2) is 14.2 Å². The van der Waals surface area contributed by atoms with Crippen LogP contribution in [0.1, 0.15) is 16.2 Å². The van der Waals surface area contributed by atoms with Gasteiger partial charge in [0, 0.05) is 6.42 Å². The van der Waals surface area contributed by atoms with Gasteiger partial charge in [0.2, 0.25) is 0 Å². The Hall–Kier alpha value is -3.00. The summed E-state index contributed by atoms with van der Waals surface area (Å²) in [5.74, 6) is -1.30. The molecular formula is C20H17FN2O4S. The van der Waals surface area contributed by atoms with Crippen LogP contribution in [0.5, 0.6) is 5.75 Å². The number of esters is 1. The van der Waals surface area contributed by atoms with Gasteiger partial charge in [-0.3, -0.25) is 4.79 Å². The van der Waals surface area contributed by atoms with Crippen molar-refractivity contribution in [2.24, 2.45) is 0 Å². The third-order valence-electron chi connectivity index (χ3n) is 4.60. The predicted octanol–water partition coefficient (Wildman–Crippen LogP) is 3.27. The lowest BCUT2D eigenvalue weighted by molar-refractivity contribution is -0.145. The van der Waals surface area contributed by atoms with Crippen LogP contribution in [0.15, 0.2) is 48.5 Å². The van der Waals surface area contributed by atoms with Gasteiger partial charge in [0.1, 0.15) is 12.1 Å². The summed E-state index contributed by atoms with van der Waals surface area (Å²) in [4.78, 5) is 31.1. The van der Waals surface area contributed by atoms with Crippen LogP contribution < -0.4 is 4.74 Å². The molecule has 3 aromatic rings. The number of aromatic nitrogens is 1. The second-order valence-electron chi connectivity index (χ2n) is 6.39. The Labute approximate surface area is 164 Å². The van der Waals surface area contributed by atoms with Gasteiger partial charge in [-0.2, -0.15) is 0 Å². The Morgan fingerprint density at radius 2 is 1.93 bits per heavy atom. The first-order valence-corrected chi connectivity index (χ1v) is 9.54. The van der Waals surface area contributed by atoms with Crippen molar-refractivity contribution in [3.05, 3.63) is 59.4 Å². The number of likely N-dealkylation sites (tertiary alicyclic amines) is 1. The van der Waals surface area contributed by atoms with Crippen molar-refractivity contribution in [1.29, 1.82) is 0 Å². The van der Waals surface area contributed by atoms with Crippen molar-refractivity contribution in [1.82, 2.24) is 9.88 Å². The molecular weight excluding hydrogens is 383 g/mol. The molecule has 8 heteroatoms. The molecule has 6 nitrogen and oxygen atoms in total. The SMILES string of the molecule is COC(=O)[C@@H]1C[C@@H](Oc2ccccc2F)CN1C(=O)c1nc2ccccc2s1. The zero-order valence-electron chi connectivity index (χ0n) is 15.0. The number of carbonyl (C=O) groups excluding carboxylic acids is 2. The lowest BCUT2D eigenvalue weighted by Gasteiger charge is -2.21. The molecule has 0 N–H and O–H groups in total. The van der Waals surface area contributed by atoms with Crippen LogP contribution in [-0.2, 0) is 9.53 Å². The number of carbonyl (C=O) groups is 2. The number of methoxy groups -OCH3 is 1. The molecule has 0 radical (unpaired) electrons. The molecule has 2 heterocycles. The number of para-hydroxylation sites is 2. The molecule has 0 aliphatic carbocycles. The maximum Gasteiger partial charge on any atom is 0.328 e. The summed E-state index contributed by atoms with van der Waals surface area (Å²) in [6, 6.07) is 12.7. The number of hydrogen-bond acceptors (Lipinski definition) is 6. The largest absolute Gasteiger partial charge is 0.485 e. The first-order chi connectivity index (χ1) is 13.6. The first-order valence-electron chi connectivity index (χ1n) is 8.72. The Morgan fingerprint density at radius 3 is 2.68 bits per heavy atom. The second-order valence-corrected chi connectivity index (χ2v) is 7.42. The monoisotopic (exact) mass is 400 g/mol. The van der Waals surface area contributed by atoms with E-state index in [9.17, 15) is 14.0 Å². The molecule has 4 rings (SSSR count). The van der Waals surface area contributed by atoms with Crippen molar-refractivity contribution in [2.45, 2.75) is 18.6 Å². The van der Waals surface area contributed by atoms with E-state index >= 15 is 0 Å². The summed E-state index contributed by atoms with van der Waals surface area (Å²) in [5, 5.41) is 0.293. The fourth-order valence-corrected chi connectivity index (χ4v) is 4.19. The minimum absolute atomic E-state index is 0.0883. The van der Waals surface area contributed by atoms with Gasteiger partial charge in [-0.15, -0.1) is 11.3 Å². The molecule has 28 heavy (non-hydrogen) atoms. The highest BCUT2D eigenvalue weighted by atomic mass is 32.1. The van der Waals surface area contributed by atoms with Gasteiger partial charge in [0.15, 0.2) is 16.6 Å². The molecule has 2 atom stereocenters. The fraction of sp³-hybridized carbons (Fsp3) is 0.250. The van der Waals surface area contributed by atoms with Gasteiger partial charge >= 0.3 is 5.97 Å². The van der Waals surface area contributed by atoms with Gasteiger partial charge in [0.05, 0.1) is 23.9 Å². The smallest absolute Gasteiger partial charge is 0.328 e. The maximum absolute atomic E-state index is 13.9. The van der Waals surface area contributed by atoms with E-state index in [-0.39, 0.29) is 24.6 Å². The van der Waals surface area contributed by atoms with E-state index in [0.29, 0.717) is 5.01 Å². The van der Waals surface area contributed by atoms with Crippen molar-refractivity contribution in [2.75, 3.05) is 13.7 Å². The van der Waals surface area contributed by atoms with Crippen LogP contribution in [0.4, 0.5) is 4.39 Å². The summed E-state index contributed by atoms with van der Waals surface area (Å²) in [7, 11) is 1.27. The number of nitrogens with zero attached hydrogens (tertiary/aromatic N) is 2. The minimum atomic E-state index is -0.804. The Kier molecular flexibility index (Phi) is 4.95. The maximum atomic E-state index is 13.9.